The number of unbranched alkanes of at least 4 members (excludes halogenated alkanes) is 2. The Labute approximate surface area is 147 Å². The third-order valence-electron chi connectivity index (χ3n) is 4.46. The zero-order chi connectivity index (χ0) is 16.5. The van der Waals surface area contributed by atoms with Gasteiger partial charge in [0, 0.05) is 25.6 Å². The highest BCUT2D eigenvalue weighted by molar-refractivity contribution is 7.80. The molecule has 1 N–H and O–H groups in total. The molecule has 1 heterocycles. The van der Waals surface area contributed by atoms with Gasteiger partial charge in [-0.3, -0.25) is 5.01 Å². The number of aryl methyl sites for hydroxylation is 1. The van der Waals surface area contributed by atoms with Gasteiger partial charge in [0.1, 0.15) is 0 Å². The van der Waals surface area contributed by atoms with Gasteiger partial charge in [0.05, 0.1) is 4.99 Å². The number of hydrogen-bond acceptors (Lipinski definition) is 3. The van der Waals surface area contributed by atoms with E-state index in [9.17, 15) is 0 Å². The first-order valence-electron chi connectivity index (χ1n) is 9.11. The number of hydrogen-bond donors (Lipinski definition) is 1. The first-order chi connectivity index (χ1) is 11.2. The van der Waals surface area contributed by atoms with E-state index in [4.69, 9.17) is 12.2 Å². The molecule has 1 aliphatic heterocycles. The topological polar surface area (TPSA) is 18.5 Å². The molecule has 128 valence electrons. The predicted octanol–water partition coefficient (Wildman–Crippen LogP) is 4.20. The highest BCUT2D eigenvalue weighted by Crippen LogP contribution is 2.19. The molecule has 0 aromatic heterocycles. The van der Waals surface area contributed by atoms with Gasteiger partial charge < -0.3 is 0 Å². The first-order valence-corrected chi connectivity index (χ1v) is 9.52. The largest absolute Gasteiger partial charge is 0.288 e. The van der Waals surface area contributed by atoms with Crippen molar-refractivity contribution in [3.63, 3.8) is 0 Å². The lowest BCUT2D eigenvalue weighted by Crippen LogP contribution is -2.61. The minimum absolute atomic E-state index is 0.472. The molecule has 3 nitrogen and oxygen atoms in total. The zero-order valence-electron chi connectivity index (χ0n) is 14.6. The molecule has 0 amide bonds. The molecule has 1 aromatic rings. The normalized spacial score (nSPS) is 19.3. The summed E-state index contributed by atoms with van der Waals surface area (Å²) in [7, 11) is 0. The zero-order valence-corrected chi connectivity index (χ0v) is 15.4. The average Bonchev–Trinajstić information content (AvgIpc) is 2.59. The molecule has 1 fully saturated rings. The third kappa shape index (κ3) is 5.87. The quantitative estimate of drug-likeness (QED) is 0.682. The van der Waals surface area contributed by atoms with Crippen molar-refractivity contribution in [2.45, 2.75) is 52.4 Å². The summed E-state index contributed by atoms with van der Waals surface area (Å²) in [6.07, 6.45) is 7.08. The van der Waals surface area contributed by atoms with Crippen molar-refractivity contribution in [1.82, 2.24) is 15.6 Å². The van der Waals surface area contributed by atoms with Gasteiger partial charge in [-0.1, -0.05) is 69.2 Å². The van der Waals surface area contributed by atoms with Crippen LogP contribution >= 0.6 is 12.2 Å². The van der Waals surface area contributed by atoms with E-state index in [-0.39, 0.29) is 0 Å². The molecule has 0 bridgehead atoms. The van der Waals surface area contributed by atoms with E-state index in [0.717, 1.165) is 37.5 Å². The summed E-state index contributed by atoms with van der Waals surface area (Å²) in [4.78, 5) is 1.10. The van der Waals surface area contributed by atoms with Gasteiger partial charge in [-0.05, 0) is 31.2 Å². The second-order valence-electron chi connectivity index (χ2n) is 6.46. The Bertz CT molecular complexity index is 463. The van der Waals surface area contributed by atoms with Crippen molar-refractivity contribution in [3.05, 3.63) is 35.9 Å². The van der Waals surface area contributed by atoms with Crippen LogP contribution in [0.5, 0.6) is 0 Å². The predicted molar refractivity (Wildman–Crippen MR) is 102 cm³/mol. The summed E-state index contributed by atoms with van der Waals surface area (Å²) in [5, 5.41) is 4.58. The van der Waals surface area contributed by atoms with E-state index in [1.807, 2.05) is 0 Å². The van der Waals surface area contributed by atoms with Gasteiger partial charge in [-0.2, -0.15) is 5.53 Å². The molecule has 0 saturated carbocycles. The molecule has 1 saturated heterocycles. The van der Waals surface area contributed by atoms with Crippen LogP contribution in [0.15, 0.2) is 30.3 Å². The van der Waals surface area contributed by atoms with Crippen LogP contribution in [0, 0.1) is 5.92 Å². The molecule has 0 unspecified atom stereocenters. The van der Waals surface area contributed by atoms with Crippen LogP contribution in [0.25, 0.3) is 0 Å². The van der Waals surface area contributed by atoms with Gasteiger partial charge in [0.15, 0.2) is 0 Å². The molecule has 1 aromatic carbocycles. The molecule has 23 heavy (non-hydrogen) atoms. The molecular weight excluding hydrogens is 302 g/mol. The smallest absolute Gasteiger partial charge is 0.0978 e. The van der Waals surface area contributed by atoms with Crippen molar-refractivity contribution in [2.75, 3.05) is 19.6 Å². The number of nitrogens with one attached hydrogen (secondary N) is 1. The summed E-state index contributed by atoms with van der Waals surface area (Å²) in [6, 6.07) is 10.8. The van der Waals surface area contributed by atoms with Crippen molar-refractivity contribution in [2.24, 2.45) is 5.92 Å². The number of thiocarbonyl (C=S) groups is 1. The van der Waals surface area contributed by atoms with Crippen molar-refractivity contribution in [1.29, 1.82) is 0 Å². The Morgan fingerprint density at radius 2 is 1.78 bits per heavy atom. The number of hydrazine groups is 2. The Balaban J connectivity index is 1.95. The van der Waals surface area contributed by atoms with Gasteiger partial charge in [-0.25, -0.2) is 5.01 Å². The lowest BCUT2D eigenvalue weighted by atomic mass is 9.98. The molecule has 0 radical (unpaired) electrons. The van der Waals surface area contributed by atoms with Gasteiger partial charge in [0.25, 0.3) is 0 Å². The van der Waals surface area contributed by atoms with Crippen LogP contribution in [0.4, 0.5) is 0 Å². The standard InChI is InChI=1S/C19H31N3S/c1-3-5-14-21-16-18(13-12-17-10-8-7-9-11-17)19(23)22(20-21)15-6-4-2/h7-11,18,20H,3-6,12-16H2,1-2H3/t18-/m0/s1. The van der Waals surface area contributed by atoms with E-state index >= 15 is 0 Å². The lowest BCUT2D eigenvalue weighted by Gasteiger charge is -2.42. The van der Waals surface area contributed by atoms with E-state index in [0.29, 0.717) is 5.92 Å². The maximum atomic E-state index is 5.78. The molecule has 1 aliphatic rings. The third-order valence-corrected chi connectivity index (χ3v) is 5.01. The minimum Gasteiger partial charge on any atom is -0.288 e. The monoisotopic (exact) mass is 333 g/mol. The van der Waals surface area contributed by atoms with Crippen LogP contribution in [-0.2, 0) is 6.42 Å². The summed E-state index contributed by atoms with van der Waals surface area (Å²) in [6.45, 7) is 7.63. The highest BCUT2D eigenvalue weighted by Gasteiger charge is 2.28. The second-order valence-corrected chi connectivity index (χ2v) is 6.88. The van der Waals surface area contributed by atoms with E-state index in [1.54, 1.807) is 0 Å². The van der Waals surface area contributed by atoms with E-state index < -0.39 is 0 Å². The molecule has 0 spiro atoms. The van der Waals surface area contributed by atoms with Crippen LogP contribution in [0.3, 0.4) is 0 Å². The van der Waals surface area contributed by atoms with Crippen molar-refractivity contribution in [3.8, 4) is 0 Å². The highest BCUT2D eigenvalue weighted by atomic mass is 32.1. The first kappa shape index (κ1) is 18.4. The molecular formula is C19H31N3S. The number of benzene rings is 1. The average molecular weight is 334 g/mol. The second kappa shape index (κ2) is 10.0. The van der Waals surface area contributed by atoms with Crippen molar-refractivity contribution < 1.29 is 0 Å². The lowest BCUT2D eigenvalue weighted by molar-refractivity contribution is 0.0335. The Morgan fingerprint density at radius 3 is 2.48 bits per heavy atom. The van der Waals surface area contributed by atoms with Crippen LogP contribution in [0.2, 0.25) is 0 Å². The molecule has 4 heteroatoms. The van der Waals surface area contributed by atoms with E-state index in [2.05, 4.69) is 59.7 Å². The summed E-state index contributed by atoms with van der Waals surface area (Å²) < 4.78 is 0. The number of nitrogens with zero attached hydrogens (tertiary/aromatic N) is 2. The fourth-order valence-corrected chi connectivity index (χ4v) is 3.32. The van der Waals surface area contributed by atoms with Gasteiger partial charge in [0.2, 0.25) is 0 Å². The SMILES string of the molecule is CCCCN1C[C@H](CCc2ccccc2)C(=S)N(CCCC)N1. The summed E-state index contributed by atoms with van der Waals surface area (Å²) >= 11 is 5.78. The van der Waals surface area contributed by atoms with Crippen molar-refractivity contribution >= 4 is 17.2 Å². The Morgan fingerprint density at radius 1 is 1.09 bits per heavy atom. The molecule has 1 atom stereocenters. The van der Waals surface area contributed by atoms with Crippen LogP contribution in [-0.4, -0.2) is 34.6 Å². The Hall–Kier alpha value is -0.970. The maximum Gasteiger partial charge on any atom is 0.0978 e. The summed E-state index contributed by atoms with van der Waals surface area (Å²) in [5.41, 5.74) is 4.94. The summed E-state index contributed by atoms with van der Waals surface area (Å²) in [5.74, 6) is 0.472. The maximum absolute atomic E-state index is 5.78. The fraction of sp³-hybridized carbons (Fsp3) is 0.632. The van der Waals surface area contributed by atoms with Crippen LogP contribution in [0.1, 0.15) is 51.5 Å². The fourth-order valence-electron chi connectivity index (χ4n) is 2.99. The van der Waals surface area contributed by atoms with Crippen LogP contribution < -0.4 is 5.53 Å². The van der Waals surface area contributed by atoms with Gasteiger partial charge in [-0.15, -0.1) is 0 Å². The molecule has 0 aliphatic carbocycles. The molecule has 2 rings (SSSR count). The van der Waals surface area contributed by atoms with E-state index in [1.165, 1.54) is 31.2 Å². The number of rotatable bonds is 9. The van der Waals surface area contributed by atoms with Gasteiger partial charge >= 0.3 is 0 Å². The Kier molecular flexibility index (Phi) is 8.00. The minimum atomic E-state index is 0.472.